The van der Waals surface area contributed by atoms with Crippen LogP contribution in [0.4, 0.5) is 0 Å². The Labute approximate surface area is 173 Å². The van der Waals surface area contributed by atoms with Crippen molar-refractivity contribution in [1.82, 2.24) is 9.78 Å². The van der Waals surface area contributed by atoms with Crippen molar-refractivity contribution in [2.24, 2.45) is 0 Å². The number of aromatic nitrogens is 2. The fourth-order valence-electron chi connectivity index (χ4n) is 3.25. The Balaban J connectivity index is 2.41. The smallest absolute Gasteiger partial charge is 0.342 e. The molecule has 0 aliphatic rings. The minimum absolute atomic E-state index is 0.0947. The van der Waals surface area contributed by atoms with E-state index in [0.29, 0.717) is 30.6 Å². The van der Waals surface area contributed by atoms with Crippen molar-refractivity contribution in [2.45, 2.75) is 73.0 Å². The molecule has 0 amide bonds. The lowest BCUT2D eigenvalue weighted by Gasteiger charge is -2.20. The molecule has 6 nitrogen and oxygen atoms in total. The lowest BCUT2D eigenvalue weighted by atomic mass is 10.0. The lowest BCUT2D eigenvalue weighted by molar-refractivity contribution is 0.00668. The molecule has 0 saturated heterocycles. The van der Waals surface area contributed by atoms with Crippen molar-refractivity contribution in [1.29, 1.82) is 0 Å². The van der Waals surface area contributed by atoms with Gasteiger partial charge in [0.05, 0.1) is 29.6 Å². The molecule has 2 aromatic rings. The van der Waals surface area contributed by atoms with Crippen molar-refractivity contribution in [3.8, 4) is 0 Å². The van der Waals surface area contributed by atoms with Crippen LogP contribution in [-0.2, 0) is 22.3 Å². The van der Waals surface area contributed by atoms with Crippen LogP contribution in [0.5, 0.6) is 0 Å². The third-order valence-corrected chi connectivity index (χ3v) is 4.63. The minimum atomic E-state index is -0.566. The molecule has 0 N–H and O–H groups in total. The first-order valence-corrected chi connectivity index (χ1v) is 10.2. The standard InChI is InChI=1S/C23H32N2O4/c1-8-18-20(22(27)29-23(5,6)7)19(9-2)25(24-18)15(4)16-11-13-17(14-12-16)21(26)28-10-3/h11-15H,8-10H2,1-7H3. The zero-order chi connectivity index (χ0) is 21.8. The fourth-order valence-corrected chi connectivity index (χ4v) is 3.25. The first kappa shape index (κ1) is 22.7. The Morgan fingerprint density at radius 1 is 1.03 bits per heavy atom. The Bertz CT molecular complexity index is 860. The van der Waals surface area contributed by atoms with E-state index in [0.717, 1.165) is 17.0 Å². The molecule has 2 rings (SSSR count). The van der Waals surface area contributed by atoms with Crippen LogP contribution in [0.3, 0.4) is 0 Å². The summed E-state index contributed by atoms with van der Waals surface area (Å²) in [6.45, 7) is 13.7. The van der Waals surface area contributed by atoms with Crippen LogP contribution in [0.25, 0.3) is 0 Å². The SMILES string of the molecule is CCOC(=O)c1ccc(C(C)n2nc(CC)c(C(=O)OC(C)(C)C)c2CC)cc1. The third kappa shape index (κ3) is 5.25. The highest BCUT2D eigenvalue weighted by Crippen LogP contribution is 2.26. The van der Waals surface area contributed by atoms with Crippen LogP contribution in [0.2, 0.25) is 0 Å². The highest BCUT2D eigenvalue weighted by Gasteiger charge is 2.28. The number of esters is 2. The molecular weight excluding hydrogens is 368 g/mol. The van der Waals surface area contributed by atoms with Gasteiger partial charge in [0, 0.05) is 0 Å². The van der Waals surface area contributed by atoms with Crippen molar-refractivity contribution < 1.29 is 19.1 Å². The minimum Gasteiger partial charge on any atom is -0.462 e. The summed E-state index contributed by atoms with van der Waals surface area (Å²) in [4.78, 5) is 24.7. The number of hydrogen-bond donors (Lipinski definition) is 0. The van der Waals surface area contributed by atoms with E-state index in [2.05, 4.69) is 0 Å². The summed E-state index contributed by atoms with van der Waals surface area (Å²) < 4.78 is 12.6. The van der Waals surface area contributed by atoms with E-state index in [4.69, 9.17) is 14.6 Å². The van der Waals surface area contributed by atoms with Gasteiger partial charge in [-0.25, -0.2) is 9.59 Å². The van der Waals surface area contributed by atoms with Gasteiger partial charge in [-0.2, -0.15) is 5.10 Å². The molecule has 0 aliphatic heterocycles. The van der Waals surface area contributed by atoms with E-state index >= 15 is 0 Å². The predicted molar refractivity (Wildman–Crippen MR) is 112 cm³/mol. The zero-order valence-corrected chi connectivity index (χ0v) is 18.5. The summed E-state index contributed by atoms with van der Waals surface area (Å²) in [5.41, 5.74) is 3.12. The Kier molecular flexibility index (Phi) is 7.22. The van der Waals surface area contributed by atoms with Gasteiger partial charge in [0.1, 0.15) is 11.2 Å². The number of ether oxygens (including phenoxy) is 2. The molecule has 0 fully saturated rings. The summed E-state index contributed by atoms with van der Waals surface area (Å²) >= 11 is 0. The van der Waals surface area contributed by atoms with Crippen molar-refractivity contribution in [3.05, 3.63) is 52.3 Å². The third-order valence-electron chi connectivity index (χ3n) is 4.63. The fraction of sp³-hybridized carbons (Fsp3) is 0.522. The normalized spacial score (nSPS) is 12.5. The van der Waals surface area contributed by atoms with E-state index in [1.54, 1.807) is 19.1 Å². The molecule has 0 saturated carbocycles. The van der Waals surface area contributed by atoms with Crippen LogP contribution in [0.1, 0.15) is 92.2 Å². The van der Waals surface area contributed by atoms with Gasteiger partial charge >= 0.3 is 11.9 Å². The number of carbonyl (C=O) groups excluding carboxylic acids is 2. The molecule has 0 spiro atoms. The van der Waals surface area contributed by atoms with Crippen molar-refractivity contribution in [2.75, 3.05) is 6.61 Å². The summed E-state index contributed by atoms with van der Waals surface area (Å²) in [6, 6.07) is 7.22. The van der Waals surface area contributed by atoms with E-state index < -0.39 is 5.60 Å². The second kappa shape index (κ2) is 9.25. The molecule has 6 heteroatoms. The number of nitrogens with zero attached hydrogens (tertiary/aromatic N) is 2. The molecule has 1 aromatic heterocycles. The second-order valence-electron chi connectivity index (χ2n) is 7.94. The van der Waals surface area contributed by atoms with E-state index in [-0.39, 0.29) is 18.0 Å². The van der Waals surface area contributed by atoms with Crippen LogP contribution < -0.4 is 0 Å². The maximum absolute atomic E-state index is 12.8. The van der Waals surface area contributed by atoms with Gasteiger partial charge in [0.15, 0.2) is 0 Å². The van der Waals surface area contributed by atoms with Gasteiger partial charge < -0.3 is 9.47 Å². The van der Waals surface area contributed by atoms with Gasteiger partial charge in [0.25, 0.3) is 0 Å². The molecule has 1 heterocycles. The molecule has 0 bridgehead atoms. The largest absolute Gasteiger partial charge is 0.462 e. The predicted octanol–water partition coefficient (Wildman–Crippen LogP) is 4.75. The Morgan fingerprint density at radius 2 is 1.66 bits per heavy atom. The van der Waals surface area contributed by atoms with E-state index in [9.17, 15) is 9.59 Å². The maximum atomic E-state index is 12.8. The van der Waals surface area contributed by atoms with Crippen molar-refractivity contribution in [3.63, 3.8) is 0 Å². The number of carbonyl (C=O) groups is 2. The van der Waals surface area contributed by atoms with E-state index in [1.807, 2.05) is 58.4 Å². The van der Waals surface area contributed by atoms with E-state index in [1.165, 1.54) is 0 Å². The van der Waals surface area contributed by atoms with Crippen LogP contribution in [-0.4, -0.2) is 33.9 Å². The summed E-state index contributed by atoms with van der Waals surface area (Å²) in [5.74, 6) is -0.664. The summed E-state index contributed by atoms with van der Waals surface area (Å²) in [5, 5.41) is 4.74. The summed E-state index contributed by atoms with van der Waals surface area (Å²) in [7, 11) is 0. The molecule has 1 aromatic carbocycles. The van der Waals surface area contributed by atoms with Gasteiger partial charge in [-0.1, -0.05) is 26.0 Å². The van der Waals surface area contributed by atoms with Gasteiger partial charge in [-0.3, -0.25) is 4.68 Å². The number of rotatable bonds is 7. The van der Waals surface area contributed by atoms with Gasteiger partial charge in [0.2, 0.25) is 0 Å². The Morgan fingerprint density at radius 3 is 2.14 bits per heavy atom. The van der Waals surface area contributed by atoms with Crippen LogP contribution in [0, 0.1) is 0 Å². The molecule has 1 unspecified atom stereocenters. The number of benzene rings is 1. The molecule has 0 radical (unpaired) electrons. The molecule has 1 atom stereocenters. The molecule has 0 aliphatic carbocycles. The molecule has 29 heavy (non-hydrogen) atoms. The quantitative estimate of drug-likeness (QED) is 0.627. The highest BCUT2D eigenvalue weighted by molar-refractivity contribution is 5.92. The zero-order valence-electron chi connectivity index (χ0n) is 18.5. The van der Waals surface area contributed by atoms with Gasteiger partial charge in [-0.05, 0) is 65.2 Å². The Hall–Kier alpha value is -2.63. The molecule has 158 valence electrons. The first-order valence-electron chi connectivity index (χ1n) is 10.2. The number of aryl methyl sites for hydroxylation is 1. The first-order chi connectivity index (χ1) is 13.6. The average molecular weight is 401 g/mol. The highest BCUT2D eigenvalue weighted by atomic mass is 16.6. The van der Waals surface area contributed by atoms with Crippen LogP contribution in [0.15, 0.2) is 24.3 Å². The second-order valence-corrected chi connectivity index (χ2v) is 7.94. The lowest BCUT2D eigenvalue weighted by Crippen LogP contribution is -2.25. The van der Waals surface area contributed by atoms with Gasteiger partial charge in [-0.15, -0.1) is 0 Å². The topological polar surface area (TPSA) is 70.4 Å². The number of hydrogen-bond acceptors (Lipinski definition) is 5. The monoisotopic (exact) mass is 400 g/mol. The molecular formula is C23H32N2O4. The van der Waals surface area contributed by atoms with Crippen molar-refractivity contribution >= 4 is 11.9 Å². The van der Waals surface area contributed by atoms with Crippen LogP contribution >= 0.6 is 0 Å². The maximum Gasteiger partial charge on any atom is 0.342 e. The average Bonchev–Trinajstić information content (AvgIpc) is 3.05. The summed E-state index contributed by atoms with van der Waals surface area (Å²) in [6.07, 6.45) is 1.30.